The molecule has 0 bridgehead atoms. The summed E-state index contributed by atoms with van der Waals surface area (Å²) in [5.74, 6) is 2.18. The minimum absolute atomic E-state index is 0.391. The Hall–Kier alpha value is -0.550. The molecule has 0 aliphatic heterocycles. The lowest BCUT2D eigenvalue weighted by atomic mass is 9.75. The van der Waals surface area contributed by atoms with Crippen LogP contribution in [0.1, 0.15) is 46.5 Å². The van der Waals surface area contributed by atoms with E-state index in [1.807, 2.05) is 0 Å². The number of hydrogen-bond donors (Lipinski definition) is 0. The van der Waals surface area contributed by atoms with Crippen LogP contribution in [0.25, 0.3) is 0 Å². The Morgan fingerprint density at radius 3 is 2.73 bits per heavy atom. The van der Waals surface area contributed by atoms with Gasteiger partial charge in [-0.1, -0.05) is 27.2 Å². The van der Waals surface area contributed by atoms with Gasteiger partial charge in [-0.05, 0) is 30.6 Å². The van der Waals surface area contributed by atoms with E-state index in [4.69, 9.17) is 10.00 Å². The third-order valence-corrected chi connectivity index (χ3v) is 3.51. The maximum Gasteiger partial charge on any atom is 0.0645 e. The minimum Gasteiger partial charge on any atom is -0.377 e. The predicted octanol–water partition coefficient (Wildman–Crippen LogP) is 3.38. The first kappa shape index (κ1) is 12.5. The van der Waals surface area contributed by atoms with Gasteiger partial charge in [0.25, 0.3) is 0 Å². The van der Waals surface area contributed by atoms with Crippen molar-refractivity contribution in [2.45, 2.75) is 52.6 Å². The monoisotopic (exact) mass is 209 g/mol. The van der Waals surface area contributed by atoms with Crippen molar-refractivity contribution < 1.29 is 4.74 Å². The Balaban J connectivity index is 2.43. The van der Waals surface area contributed by atoms with Crippen LogP contribution in [0.2, 0.25) is 0 Å². The third-order valence-electron chi connectivity index (χ3n) is 3.51. The van der Waals surface area contributed by atoms with E-state index in [2.05, 4.69) is 26.8 Å². The van der Waals surface area contributed by atoms with Crippen LogP contribution in [0.4, 0.5) is 0 Å². The summed E-state index contributed by atoms with van der Waals surface area (Å²) in [6.45, 7) is 7.47. The van der Waals surface area contributed by atoms with Gasteiger partial charge in [-0.25, -0.2) is 0 Å². The van der Waals surface area contributed by atoms with Gasteiger partial charge in [0, 0.05) is 0 Å². The van der Waals surface area contributed by atoms with Crippen molar-refractivity contribution in [3.05, 3.63) is 0 Å². The van der Waals surface area contributed by atoms with Crippen LogP contribution in [0, 0.1) is 29.1 Å². The van der Waals surface area contributed by atoms with Crippen molar-refractivity contribution in [2.24, 2.45) is 17.8 Å². The van der Waals surface area contributed by atoms with Crippen molar-refractivity contribution in [3.63, 3.8) is 0 Å². The first-order chi connectivity index (χ1) is 7.15. The van der Waals surface area contributed by atoms with Crippen molar-refractivity contribution in [1.29, 1.82) is 5.26 Å². The molecule has 0 radical (unpaired) electrons. The Labute approximate surface area is 93.6 Å². The molecule has 3 atom stereocenters. The van der Waals surface area contributed by atoms with E-state index in [-0.39, 0.29) is 0 Å². The van der Waals surface area contributed by atoms with Gasteiger partial charge in [0.15, 0.2) is 0 Å². The van der Waals surface area contributed by atoms with Crippen LogP contribution in [-0.4, -0.2) is 12.7 Å². The van der Waals surface area contributed by atoms with Gasteiger partial charge in [-0.15, -0.1) is 0 Å². The molecule has 1 fully saturated rings. The van der Waals surface area contributed by atoms with Gasteiger partial charge >= 0.3 is 0 Å². The fraction of sp³-hybridized carbons (Fsp3) is 0.923. The summed E-state index contributed by atoms with van der Waals surface area (Å²) < 4.78 is 5.85. The van der Waals surface area contributed by atoms with Crippen molar-refractivity contribution in [2.75, 3.05) is 6.61 Å². The van der Waals surface area contributed by atoms with E-state index in [0.717, 1.165) is 5.92 Å². The number of hydrogen-bond acceptors (Lipinski definition) is 2. The topological polar surface area (TPSA) is 33.0 Å². The largest absolute Gasteiger partial charge is 0.377 e. The van der Waals surface area contributed by atoms with E-state index >= 15 is 0 Å². The summed E-state index contributed by atoms with van der Waals surface area (Å²) in [6, 6.07) is 2.14. The minimum atomic E-state index is 0.391. The summed E-state index contributed by atoms with van der Waals surface area (Å²) >= 11 is 0. The Kier molecular flexibility index (Phi) is 5.11. The van der Waals surface area contributed by atoms with Gasteiger partial charge in [-0.3, -0.25) is 0 Å². The molecule has 0 N–H and O–H groups in total. The van der Waals surface area contributed by atoms with Gasteiger partial charge in [0.05, 0.1) is 25.2 Å². The van der Waals surface area contributed by atoms with Gasteiger partial charge in [-0.2, -0.15) is 5.26 Å². The number of ether oxygens (including phenoxy) is 1. The second-order valence-corrected chi connectivity index (χ2v) is 5.14. The standard InChI is InChI=1S/C13H23NO/c1-10(2)12-6-5-11(3)9-13(12)15-8-4-7-14/h10-13H,4-6,8-9H2,1-3H3/t11-,12+,13-/m1/s1. The predicted molar refractivity (Wildman–Crippen MR) is 61.3 cm³/mol. The van der Waals surface area contributed by atoms with Crippen molar-refractivity contribution >= 4 is 0 Å². The second-order valence-electron chi connectivity index (χ2n) is 5.14. The third kappa shape index (κ3) is 3.83. The summed E-state index contributed by atoms with van der Waals surface area (Å²) in [6.07, 6.45) is 4.71. The molecule has 2 heteroatoms. The highest BCUT2D eigenvalue weighted by molar-refractivity contribution is 4.81. The lowest BCUT2D eigenvalue weighted by molar-refractivity contribution is -0.0360. The molecule has 0 aromatic carbocycles. The number of rotatable bonds is 4. The summed E-state index contributed by atoms with van der Waals surface area (Å²) in [5.41, 5.74) is 0. The average Bonchev–Trinajstić information content (AvgIpc) is 2.18. The average molecular weight is 209 g/mol. The molecule has 0 amide bonds. The molecule has 1 aliphatic rings. The molecule has 1 aliphatic carbocycles. The van der Waals surface area contributed by atoms with Crippen LogP contribution in [0.15, 0.2) is 0 Å². The van der Waals surface area contributed by atoms with Crippen LogP contribution in [0.5, 0.6) is 0 Å². The number of nitrogens with zero attached hydrogens (tertiary/aromatic N) is 1. The fourth-order valence-corrected chi connectivity index (χ4v) is 2.56. The Bertz CT molecular complexity index is 219. The lowest BCUT2D eigenvalue weighted by Crippen LogP contribution is -2.34. The van der Waals surface area contributed by atoms with Crippen LogP contribution in [0.3, 0.4) is 0 Å². The molecule has 0 saturated heterocycles. The van der Waals surface area contributed by atoms with Crippen molar-refractivity contribution in [1.82, 2.24) is 0 Å². The summed E-state index contributed by atoms with van der Waals surface area (Å²) in [4.78, 5) is 0. The zero-order valence-corrected chi connectivity index (χ0v) is 10.2. The van der Waals surface area contributed by atoms with E-state index < -0.39 is 0 Å². The van der Waals surface area contributed by atoms with E-state index in [9.17, 15) is 0 Å². The number of nitriles is 1. The molecule has 0 unspecified atom stereocenters. The molecule has 1 rings (SSSR count). The molecule has 15 heavy (non-hydrogen) atoms. The zero-order valence-electron chi connectivity index (χ0n) is 10.2. The molecular formula is C13H23NO. The first-order valence-corrected chi connectivity index (χ1v) is 6.13. The molecular weight excluding hydrogens is 186 g/mol. The highest BCUT2D eigenvalue weighted by atomic mass is 16.5. The molecule has 86 valence electrons. The van der Waals surface area contributed by atoms with E-state index in [1.54, 1.807) is 0 Å². The van der Waals surface area contributed by atoms with Crippen molar-refractivity contribution in [3.8, 4) is 6.07 Å². The van der Waals surface area contributed by atoms with Crippen LogP contribution in [-0.2, 0) is 4.74 Å². The van der Waals surface area contributed by atoms with E-state index in [1.165, 1.54) is 19.3 Å². The van der Waals surface area contributed by atoms with Gasteiger partial charge < -0.3 is 4.74 Å². The highest BCUT2D eigenvalue weighted by Gasteiger charge is 2.30. The second kappa shape index (κ2) is 6.12. The fourth-order valence-electron chi connectivity index (χ4n) is 2.56. The van der Waals surface area contributed by atoms with E-state index in [0.29, 0.717) is 31.0 Å². The SMILES string of the molecule is CC(C)[C@@H]1CC[C@@H](C)C[C@H]1OCCC#N. The van der Waals surface area contributed by atoms with Crippen LogP contribution >= 0.6 is 0 Å². The summed E-state index contributed by atoms with van der Waals surface area (Å²) in [5, 5.41) is 8.49. The first-order valence-electron chi connectivity index (χ1n) is 6.13. The molecule has 1 saturated carbocycles. The van der Waals surface area contributed by atoms with Gasteiger partial charge in [0.2, 0.25) is 0 Å². The smallest absolute Gasteiger partial charge is 0.0645 e. The molecule has 0 spiro atoms. The quantitative estimate of drug-likeness (QED) is 0.665. The maximum absolute atomic E-state index is 8.49. The van der Waals surface area contributed by atoms with Crippen LogP contribution < -0.4 is 0 Å². The Morgan fingerprint density at radius 1 is 1.40 bits per heavy atom. The maximum atomic E-state index is 8.49. The zero-order chi connectivity index (χ0) is 11.3. The molecule has 0 heterocycles. The Morgan fingerprint density at radius 2 is 2.13 bits per heavy atom. The van der Waals surface area contributed by atoms with Gasteiger partial charge in [0.1, 0.15) is 0 Å². The lowest BCUT2D eigenvalue weighted by Gasteiger charge is -2.37. The summed E-state index contributed by atoms with van der Waals surface area (Å²) in [7, 11) is 0. The molecule has 0 aromatic rings. The normalized spacial score (nSPS) is 31.5. The highest BCUT2D eigenvalue weighted by Crippen LogP contribution is 2.35. The molecule has 0 aromatic heterocycles. The molecule has 2 nitrogen and oxygen atoms in total.